The number of benzene rings is 2. The van der Waals surface area contributed by atoms with Gasteiger partial charge >= 0.3 is 17.9 Å². The molecule has 7 atom stereocenters. The minimum Gasteiger partial charge on any atom is -0.480 e. The Bertz CT molecular complexity index is 3510. The number of aromatic nitrogens is 3. The first kappa shape index (κ1) is 82.6. The topological polar surface area (TPSA) is 517 Å². The number of hydrogen-bond acceptors (Lipinski definition) is 20. The van der Waals surface area contributed by atoms with Crippen LogP contribution in [0.15, 0.2) is 73.3 Å². The molecule has 558 valence electrons. The van der Waals surface area contributed by atoms with E-state index in [1.165, 1.54) is 45.1 Å². The number of nitrogens with two attached hydrogens (primary N) is 2. The molecule has 3 heterocycles. The van der Waals surface area contributed by atoms with E-state index in [4.69, 9.17) is 11.5 Å². The molecule has 2 aromatic heterocycles. The second-order valence-corrected chi connectivity index (χ2v) is 26.7. The van der Waals surface area contributed by atoms with E-state index >= 15 is 0 Å². The summed E-state index contributed by atoms with van der Waals surface area (Å²) in [5.74, 6) is -12.8. The van der Waals surface area contributed by atoms with Crippen molar-refractivity contribution in [2.45, 2.75) is 121 Å². The number of nitrogens with zero attached hydrogens (tertiary/aromatic N) is 5. The van der Waals surface area contributed by atoms with Gasteiger partial charge in [0.15, 0.2) is 0 Å². The number of imidazole rings is 1. The van der Waals surface area contributed by atoms with Crippen molar-refractivity contribution in [2.75, 3.05) is 97.1 Å². The number of carboxylic acid groups (broad SMARTS) is 3. The third-order valence-electron chi connectivity index (χ3n) is 16.7. The van der Waals surface area contributed by atoms with Gasteiger partial charge in [-0.25, -0.2) is 4.98 Å². The number of carboxylic acids is 3. The molecule has 36 heteroatoms. The number of thioether (sulfide) groups is 1. The molecule has 5 rings (SSSR count). The molecule has 1 aliphatic heterocycles. The summed E-state index contributed by atoms with van der Waals surface area (Å²) < 4.78 is 0. The van der Waals surface area contributed by atoms with Crippen molar-refractivity contribution in [1.82, 2.24) is 82.4 Å². The Morgan fingerprint density at radius 3 is 1.59 bits per heavy atom. The van der Waals surface area contributed by atoms with E-state index in [1.54, 1.807) is 94.2 Å². The van der Waals surface area contributed by atoms with Crippen LogP contribution >= 0.6 is 11.8 Å². The Morgan fingerprint density at radius 2 is 1.07 bits per heavy atom. The first-order valence-electron chi connectivity index (χ1n) is 33.2. The van der Waals surface area contributed by atoms with E-state index < -0.39 is 169 Å². The van der Waals surface area contributed by atoms with Gasteiger partial charge in [0.2, 0.25) is 65.0 Å². The van der Waals surface area contributed by atoms with Gasteiger partial charge in [0, 0.05) is 107 Å². The Labute approximate surface area is 593 Å². The molecule has 0 unspecified atom stereocenters. The minimum absolute atomic E-state index is 0.0115. The van der Waals surface area contributed by atoms with Crippen LogP contribution < -0.4 is 59.3 Å². The number of para-hydroxylation sites is 1. The zero-order valence-electron chi connectivity index (χ0n) is 58.0. The fourth-order valence-corrected chi connectivity index (χ4v) is 11.5. The number of fused-ring (bicyclic) bond motifs is 1. The lowest BCUT2D eigenvalue weighted by Crippen LogP contribution is -2.62. The summed E-state index contributed by atoms with van der Waals surface area (Å²) in [6.07, 6.45) is 5.24. The smallest absolute Gasteiger partial charge is 0.317 e. The van der Waals surface area contributed by atoms with Gasteiger partial charge in [0.25, 0.3) is 0 Å². The van der Waals surface area contributed by atoms with Crippen molar-refractivity contribution in [3.63, 3.8) is 0 Å². The fourth-order valence-electron chi connectivity index (χ4n) is 11.0. The van der Waals surface area contributed by atoms with Crippen LogP contribution in [0.5, 0.6) is 0 Å². The second kappa shape index (κ2) is 41.0. The van der Waals surface area contributed by atoms with Crippen molar-refractivity contribution in [3.8, 4) is 0 Å². The first-order chi connectivity index (χ1) is 48.3. The highest BCUT2D eigenvalue weighted by Crippen LogP contribution is 2.20. The Balaban J connectivity index is 1.28. The van der Waals surface area contributed by atoms with Gasteiger partial charge in [0.1, 0.15) is 47.8 Å². The SMILES string of the molecule is CSCC[C@H](NC(=O)[C@H](Cc1ccccc1)NC(=O)[C@H](Cc1cnc[nH]1)NC(=O)CNC(=O)[C@@H](NC(=O)[C@H](C)NC(=O)[C@H](Cc1c[nH]c2ccccc12)NC(=O)[C@H](CCC(N)=O)NC(=O)C(C)(C)NC(=O)CN1CCN(CC(=O)O)CCN(CC(=O)O)CCN(CC(=O)O)CC1)C(C)C)C(N)=O. The molecule has 0 radical (unpaired) electrons. The van der Waals surface area contributed by atoms with Crippen LogP contribution in [-0.4, -0.2) is 278 Å². The lowest BCUT2D eigenvalue weighted by Gasteiger charge is -2.33. The maximum absolute atomic E-state index is 14.5. The van der Waals surface area contributed by atoms with Gasteiger partial charge in [0.05, 0.1) is 39.1 Å². The first-order valence-corrected chi connectivity index (χ1v) is 34.6. The molecule has 35 nitrogen and oxygen atoms in total. The molecule has 2 aromatic carbocycles. The molecule has 1 aliphatic rings. The second-order valence-electron chi connectivity index (χ2n) is 25.7. The highest BCUT2D eigenvalue weighted by molar-refractivity contribution is 7.98. The highest BCUT2D eigenvalue weighted by atomic mass is 32.2. The molecular formula is C66H96N18O17S. The van der Waals surface area contributed by atoms with Crippen LogP contribution in [-0.2, 0) is 86.4 Å². The van der Waals surface area contributed by atoms with Gasteiger partial charge < -0.3 is 84.6 Å². The molecule has 0 aliphatic carbocycles. The normalized spacial score (nSPS) is 15.8. The summed E-state index contributed by atoms with van der Waals surface area (Å²) in [7, 11) is 0. The highest BCUT2D eigenvalue weighted by Gasteiger charge is 2.37. The van der Waals surface area contributed by atoms with Gasteiger partial charge in [-0.05, 0) is 68.7 Å². The van der Waals surface area contributed by atoms with Gasteiger partial charge in [-0.1, -0.05) is 62.4 Å². The number of H-pyrrole nitrogens is 2. The Kier molecular flexibility index (Phi) is 33.2. The van der Waals surface area contributed by atoms with Crippen LogP contribution in [0.25, 0.3) is 10.9 Å². The van der Waals surface area contributed by atoms with Crippen molar-refractivity contribution in [3.05, 3.63) is 90.1 Å². The number of carbonyl (C=O) groups is 14. The predicted octanol–water partition coefficient (Wildman–Crippen LogP) is -4.02. The summed E-state index contributed by atoms with van der Waals surface area (Å²) >= 11 is 1.44. The van der Waals surface area contributed by atoms with Gasteiger partial charge in [-0.15, -0.1) is 0 Å². The zero-order chi connectivity index (χ0) is 75.2. The van der Waals surface area contributed by atoms with Crippen molar-refractivity contribution >= 4 is 106 Å². The molecule has 102 heavy (non-hydrogen) atoms. The number of amides is 11. The van der Waals surface area contributed by atoms with E-state index in [1.807, 2.05) is 6.26 Å². The van der Waals surface area contributed by atoms with Gasteiger partial charge in [-0.2, -0.15) is 11.8 Å². The van der Waals surface area contributed by atoms with Crippen LogP contribution in [0.4, 0.5) is 0 Å². The third kappa shape index (κ3) is 28.5. The molecule has 4 aromatic rings. The van der Waals surface area contributed by atoms with E-state index in [0.29, 0.717) is 33.5 Å². The quantitative estimate of drug-likeness (QED) is 0.0202. The lowest BCUT2D eigenvalue weighted by molar-refractivity contribution is -0.140. The monoisotopic (exact) mass is 1440 g/mol. The largest absolute Gasteiger partial charge is 0.480 e. The molecule has 0 spiro atoms. The molecule has 0 bridgehead atoms. The zero-order valence-corrected chi connectivity index (χ0v) is 58.9. The third-order valence-corrected chi connectivity index (χ3v) is 17.3. The van der Waals surface area contributed by atoms with Crippen LogP contribution in [0.2, 0.25) is 0 Å². The number of nitrogens with one attached hydrogen (secondary N) is 11. The maximum Gasteiger partial charge on any atom is 0.317 e. The number of hydrogen-bond donors (Lipinski definition) is 16. The number of carbonyl (C=O) groups excluding carboxylic acids is 11. The summed E-state index contributed by atoms with van der Waals surface area (Å²) in [5.41, 5.74) is 11.6. The van der Waals surface area contributed by atoms with Crippen molar-refractivity contribution in [2.24, 2.45) is 17.4 Å². The Hall–Kier alpha value is -10.0. The van der Waals surface area contributed by atoms with Crippen molar-refractivity contribution in [1.29, 1.82) is 0 Å². The molecule has 11 amide bonds. The number of aliphatic carboxylic acids is 3. The van der Waals surface area contributed by atoms with Crippen LogP contribution in [0.3, 0.4) is 0 Å². The summed E-state index contributed by atoms with van der Waals surface area (Å²) in [6.45, 7) is 5.88. The molecule has 18 N–H and O–H groups in total. The summed E-state index contributed by atoms with van der Waals surface area (Å²) in [5, 5.41) is 53.0. The van der Waals surface area contributed by atoms with E-state index in [9.17, 15) is 82.4 Å². The number of aromatic amines is 2. The van der Waals surface area contributed by atoms with Gasteiger partial charge in [-0.3, -0.25) is 86.7 Å². The summed E-state index contributed by atoms with van der Waals surface area (Å²) in [4.78, 5) is 203. The molecule has 1 saturated heterocycles. The fraction of sp³-hybridized carbons (Fsp3) is 0.530. The van der Waals surface area contributed by atoms with E-state index in [-0.39, 0.29) is 91.1 Å². The lowest BCUT2D eigenvalue weighted by atomic mass is 10.0. The maximum atomic E-state index is 14.5. The Morgan fingerprint density at radius 1 is 0.559 bits per heavy atom. The number of rotatable bonds is 39. The summed E-state index contributed by atoms with van der Waals surface area (Å²) in [6, 6.07) is 6.33. The number of primary amides is 2. The van der Waals surface area contributed by atoms with E-state index in [0.717, 1.165) is 0 Å². The molecule has 1 fully saturated rings. The molecule has 0 saturated carbocycles. The minimum atomic E-state index is -1.79. The average molecular weight is 1450 g/mol. The predicted molar refractivity (Wildman–Crippen MR) is 373 cm³/mol. The standard InChI is InChI=1S/C66H96N18O17S/c1-39(2)57(64(100)71-33-52(86)74-50(30-43-32-69-38-72-43)63(99)76-48(28-41-12-8-7-9-13-41)62(98)75-46(58(68)94)18-27-102-6)79-59(95)40(3)73-61(97)49(29-42-31-70-45-15-11-10-14-44(42)45)77-60(96)47(16-17-51(67)85)78-65(101)66(4,5)80-53(87)34-81-19-21-82(35-54(88)89)23-25-84(37-56(92)93)26-24-83(22-20-81)36-55(90)91/h7-15,31-32,38-40,46-50,57,70H,16-30,33-37H2,1-6H3,(H2,67,85)(H2,68,94)(H,69,72)(H,71,100)(H,73,97)(H,74,86)(H,75,98)(H,76,99)(H,77,96)(H,78,101)(H,79,95)(H,80,87)(H,88,89)(H,90,91)(H,92,93)/t40-,46-,47-,48-,49-,50-,57-/m0/s1. The molecular weight excluding hydrogens is 1350 g/mol. The van der Waals surface area contributed by atoms with Crippen molar-refractivity contribution < 1.29 is 82.4 Å². The van der Waals surface area contributed by atoms with Crippen LogP contribution in [0, 0.1) is 5.92 Å². The van der Waals surface area contributed by atoms with E-state index in [2.05, 4.69) is 62.8 Å². The average Bonchev–Trinajstić information content (AvgIpc) is 1.49. The van der Waals surface area contributed by atoms with Crippen LogP contribution in [0.1, 0.15) is 70.7 Å².